The predicted octanol–water partition coefficient (Wildman–Crippen LogP) is 3.63. The lowest BCUT2D eigenvalue weighted by Gasteiger charge is -2.29. The molecule has 0 saturated carbocycles. The van der Waals surface area contributed by atoms with E-state index in [0.717, 1.165) is 6.07 Å². The topological polar surface area (TPSA) is 117 Å². The maximum Gasteiger partial charge on any atom is 0.573 e. The van der Waals surface area contributed by atoms with Crippen molar-refractivity contribution >= 4 is 41.0 Å². The smallest absolute Gasteiger partial charge is 0.405 e. The monoisotopic (exact) mass is 524 g/mol. The second-order valence-corrected chi connectivity index (χ2v) is 8.74. The molecule has 5 amide bonds. The maximum atomic E-state index is 12.9. The zero-order valence-corrected chi connectivity index (χ0v) is 19.5. The van der Waals surface area contributed by atoms with Gasteiger partial charge in [-0.1, -0.05) is 23.7 Å². The fourth-order valence-corrected chi connectivity index (χ4v) is 4.24. The highest BCUT2D eigenvalue weighted by Crippen LogP contribution is 2.34. The number of nitrogens with one attached hydrogen (secondary N) is 3. The number of alkyl halides is 3. The summed E-state index contributed by atoms with van der Waals surface area (Å²) in [6.07, 6.45) is -4.53. The van der Waals surface area contributed by atoms with Crippen LogP contribution in [0.1, 0.15) is 39.9 Å². The zero-order chi connectivity index (χ0) is 26.2. The summed E-state index contributed by atoms with van der Waals surface area (Å²) in [7, 11) is 0. The third-order valence-electron chi connectivity index (χ3n) is 5.83. The Kier molecular flexibility index (Phi) is 6.81. The maximum absolute atomic E-state index is 12.9. The van der Waals surface area contributed by atoms with Crippen molar-refractivity contribution in [2.24, 2.45) is 0 Å². The van der Waals surface area contributed by atoms with Crippen LogP contribution in [0.25, 0.3) is 0 Å². The second-order valence-electron chi connectivity index (χ2n) is 8.33. The van der Waals surface area contributed by atoms with Gasteiger partial charge in [-0.25, -0.2) is 4.79 Å². The van der Waals surface area contributed by atoms with Crippen LogP contribution in [0.15, 0.2) is 30.3 Å². The van der Waals surface area contributed by atoms with Gasteiger partial charge in [-0.2, -0.15) is 0 Å². The number of benzene rings is 2. The molecular weight excluding hydrogens is 505 g/mol. The van der Waals surface area contributed by atoms with Gasteiger partial charge in [0.25, 0.3) is 5.91 Å². The Bertz CT molecular complexity index is 1270. The van der Waals surface area contributed by atoms with Gasteiger partial charge in [-0.05, 0) is 36.6 Å². The molecule has 2 aliphatic rings. The van der Waals surface area contributed by atoms with Crippen LogP contribution in [0.3, 0.4) is 0 Å². The van der Waals surface area contributed by atoms with Gasteiger partial charge >= 0.3 is 12.4 Å². The van der Waals surface area contributed by atoms with E-state index < -0.39 is 30.1 Å². The van der Waals surface area contributed by atoms with E-state index in [2.05, 4.69) is 20.7 Å². The molecule has 1 unspecified atom stereocenters. The quantitative estimate of drug-likeness (QED) is 0.516. The number of nitrogens with zero attached hydrogens (tertiary/aromatic N) is 1. The Balaban J connectivity index is 1.39. The van der Waals surface area contributed by atoms with E-state index >= 15 is 0 Å². The number of piperidine rings is 1. The molecule has 2 aromatic rings. The first kappa shape index (κ1) is 25.3. The van der Waals surface area contributed by atoms with Crippen LogP contribution in [0.4, 0.5) is 23.7 Å². The number of carbonyl (C=O) groups excluding carboxylic acids is 4. The molecule has 0 aliphatic carbocycles. The van der Waals surface area contributed by atoms with Gasteiger partial charge in [0.05, 0.1) is 0 Å². The summed E-state index contributed by atoms with van der Waals surface area (Å²) in [5.41, 5.74) is 1.74. The van der Waals surface area contributed by atoms with Gasteiger partial charge < -0.3 is 20.3 Å². The minimum Gasteiger partial charge on any atom is -0.405 e. The van der Waals surface area contributed by atoms with Crippen LogP contribution in [0.5, 0.6) is 5.75 Å². The first-order chi connectivity index (χ1) is 16.9. The number of halogens is 4. The summed E-state index contributed by atoms with van der Waals surface area (Å²) in [5, 5.41) is 7.17. The summed E-state index contributed by atoms with van der Waals surface area (Å²) in [6, 6.07) is 5.87. The average molecular weight is 525 g/mol. The van der Waals surface area contributed by atoms with E-state index in [-0.39, 0.29) is 54.0 Å². The molecule has 3 N–H and O–H groups in total. The van der Waals surface area contributed by atoms with Crippen molar-refractivity contribution in [2.75, 3.05) is 5.32 Å². The van der Waals surface area contributed by atoms with Gasteiger partial charge in [0, 0.05) is 47.4 Å². The fraction of sp³-hybridized carbons (Fsp3) is 0.304. The minimum absolute atomic E-state index is 0.00800. The second kappa shape index (κ2) is 9.69. The Morgan fingerprint density at radius 3 is 2.67 bits per heavy atom. The van der Waals surface area contributed by atoms with Crippen molar-refractivity contribution in [1.29, 1.82) is 0 Å². The lowest BCUT2D eigenvalue weighted by Crippen LogP contribution is -2.52. The van der Waals surface area contributed by atoms with Gasteiger partial charge in [0.15, 0.2) is 0 Å². The van der Waals surface area contributed by atoms with Crippen LogP contribution in [-0.2, 0) is 22.7 Å². The summed E-state index contributed by atoms with van der Waals surface area (Å²) in [6.45, 7) is 1.59. The molecule has 4 rings (SSSR count). The first-order valence-electron chi connectivity index (χ1n) is 10.8. The van der Waals surface area contributed by atoms with Crippen molar-refractivity contribution in [1.82, 2.24) is 15.5 Å². The molecule has 1 atom stereocenters. The zero-order valence-electron chi connectivity index (χ0n) is 18.8. The number of hydrogen-bond acceptors (Lipinski definition) is 5. The van der Waals surface area contributed by atoms with Crippen LogP contribution in [0, 0.1) is 6.92 Å². The molecule has 2 aliphatic heterocycles. The predicted molar refractivity (Wildman–Crippen MR) is 121 cm³/mol. The molecule has 2 heterocycles. The van der Waals surface area contributed by atoms with Gasteiger partial charge in [0.2, 0.25) is 11.8 Å². The van der Waals surface area contributed by atoms with E-state index in [9.17, 15) is 32.3 Å². The van der Waals surface area contributed by atoms with Crippen molar-refractivity contribution in [3.8, 4) is 5.75 Å². The summed E-state index contributed by atoms with van der Waals surface area (Å²) >= 11 is 5.96. The van der Waals surface area contributed by atoms with E-state index in [1.165, 1.54) is 17.9 Å². The fourth-order valence-electron chi connectivity index (χ4n) is 4.03. The Morgan fingerprint density at radius 2 is 1.97 bits per heavy atom. The molecule has 0 radical (unpaired) electrons. The number of rotatable bonds is 5. The molecule has 0 aromatic heterocycles. The molecule has 0 spiro atoms. The number of anilines is 1. The Hall–Kier alpha value is -3.80. The molecule has 36 heavy (non-hydrogen) atoms. The highest BCUT2D eigenvalue weighted by Gasteiger charge is 2.39. The molecule has 0 bridgehead atoms. The van der Waals surface area contributed by atoms with Crippen LogP contribution in [0.2, 0.25) is 5.02 Å². The lowest BCUT2D eigenvalue weighted by molar-refractivity contribution is -0.274. The standard InChI is InChI=1S/C23H20ClF3N4O5/c1-11-16(24)7-14(8-18(11)36-23(25,26)27)29-22(35)28-9-12-2-3-13-10-31(21(34)15(13)6-12)17-4-5-19(32)30-20(17)33/h2-3,6-8,17H,4-5,9-10H2,1H3,(H2,28,29,35)(H,30,32,33). The van der Waals surface area contributed by atoms with E-state index in [0.29, 0.717) is 16.7 Å². The van der Waals surface area contributed by atoms with Crippen LogP contribution in [-0.4, -0.2) is 41.1 Å². The number of carbonyl (C=O) groups is 4. The highest BCUT2D eigenvalue weighted by atomic mass is 35.5. The molecule has 190 valence electrons. The number of ether oxygens (including phenoxy) is 1. The van der Waals surface area contributed by atoms with E-state index in [1.54, 1.807) is 18.2 Å². The third-order valence-corrected chi connectivity index (χ3v) is 6.22. The average Bonchev–Trinajstić information content (AvgIpc) is 3.10. The van der Waals surface area contributed by atoms with E-state index in [1.807, 2.05) is 0 Å². The molecule has 13 heteroatoms. The number of amides is 5. The lowest BCUT2D eigenvalue weighted by atomic mass is 10.0. The van der Waals surface area contributed by atoms with Gasteiger partial charge in [0.1, 0.15) is 11.8 Å². The number of imide groups is 1. The number of hydrogen-bond donors (Lipinski definition) is 3. The molecule has 9 nitrogen and oxygen atoms in total. The highest BCUT2D eigenvalue weighted by molar-refractivity contribution is 6.32. The molecular formula is C23H20ClF3N4O5. The van der Waals surface area contributed by atoms with E-state index in [4.69, 9.17) is 11.6 Å². The largest absolute Gasteiger partial charge is 0.573 e. The first-order valence-corrected chi connectivity index (χ1v) is 11.2. The van der Waals surface area contributed by atoms with Crippen molar-refractivity contribution in [3.63, 3.8) is 0 Å². The number of urea groups is 1. The molecule has 1 saturated heterocycles. The van der Waals surface area contributed by atoms with Crippen LogP contribution >= 0.6 is 11.6 Å². The van der Waals surface area contributed by atoms with Crippen molar-refractivity contribution < 1.29 is 37.1 Å². The number of fused-ring (bicyclic) bond motifs is 1. The Labute approximate surface area is 207 Å². The minimum atomic E-state index is -4.92. The van der Waals surface area contributed by atoms with Gasteiger partial charge in [-0.3, -0.25) is 19.7 Å². The van der Waals surface area contributed by atoms with Crippen LogP contribution < -0.4 is 20.7 Å². The van der Waals surface area contributed by atoms with Crippen molar-refractivity contribution in [2.45, 2.75) is 45.3 Å². The Morgan fingerprint density at radius 1 is 1.22 bits per heavy atom. The molecule has 2 aromatic carbocycles. The molecule has 1 fully saturated rings. The third kappa shape index (κ3) is 5.54. The van der Waals surface area contributed by atoms with Gasteiger partial charge in [-0.15, -0.1) is 13.2 Å². The normalized spacial score (nSPS) is 17.5. The summed E-state index contributed by atoms with van der Waals surface area (Å²) in [4.78, 5) is 50.2. The SMILES string of the molecule is Cc1c(Cl)cc(NC(=O)NCc2ccc3c(c2)C(=O)N(C2CCC(=O)NC2=O)C3)cc1OC(F)(F)F. The summed E-state index contributed by atoms with van der Waals surface area (Å²) in [5.74, 6) is -1.77. The van der Waals surface area contributed by atoms with Crippen molar-refractivity contribution in [3.05, 3.63) is 57.6 Å². The summed E-state index contributed by atoms with van der Waals surface area (Å²) < 4.78 is 41.8.